The summed E-state index contributed by atoms with van der Waals surface area (Å²) in [5.74, 6) is 1.11. The van der Waals surface area contributed by atoms with E-state index in [1.165, 1.54) is 18.0 Å². The lowest BCUT2D eigenvalue weighted by molar-refractivity contribution is -0.754. The van der Waals surface area contributed by atoms with E-state index in [2.05, 4.69) is 9.79 Å². The molecule has 2 rings (SSSR count). The van der Waals surface area contributed by atoms with Gasteiger partial charge in [0.2, 0.25) is 18.5 Å². The van der Waals surface area contributed by atoms with E-state index in [4.69, 9.17) is 14.2 Å². The second-order valence-electron chi connectivity index (χ2n) is 3.75. The molecule has 7 heteroatoms. The Labute approximate surface area is 109 Å². The van der Waals surface area contributed by atoms with Crippen LogP contribution in [-0.2, 0) is 6.54 Å². The van der Waals surface area contributed by atoms with Crippen molar-refractivity contribution in [2.24, 2.45) is 0 Å². The molecular formula is C12H14N2O5. The fourth-order valence-electron chi connectivity index (χ4n) is 1.75. The summed E-state index contributed by atoms with van der Waals surface area (Å²) in [5.41, 5.74) is 0.841. The van der Waals surface area contributed by atoms with Gasteiger partial charge in [-0.3, -0.25) is 0 Å². The second-order valence-corrected chi connectivity index (χ2v) is 3.75. The number of benzene rings is 1. The largest absolute Gasteiger partial charge is 0.539 e. The molecular weight excluding hydrogens is 252 g/mol. The summed E-state index contributed by atoms with van der Waals surface area (Å²) in [6.45, 7) is 0.364. The van der Waals surface area contributed by atoms with Crippen LogP contribution in [0.3, 0.4) is 0 Å². The third kappa shape index (κ3) is 2.70. The number of rotatable bonds is 5. The third-order valence-corrected chi connectivity index (χ3v) is 2.56. The van der Waals surface area contributed by atoms with Crippen molar-refractivity contribution in [2.45, 2.75) is 6.54 Å². The number of hydrogen-bond donors (Lipinski definition) is 0. The molecule has 0 N–H and O–H groups in total. The predicted molar refractivity (Wildman–Crippen MR) is 61.3 cm³/mol. The molecule has 0 bridgehead atoms. The van der Waals surface area contributed by atoms with Crippen molar-refractivity contribution >= 4 is 0 Å². The minimum absolute atomic E-state index is 0.364. The molecule has 102 valence electrons. The molecule has 0 aliphatic rings. The zero-order valence-electron chi connectivity index (χ0n) is 10.9. The van der Waals surface area contributed by atoms with Gasteiger partial charge in [-0.2, -0.15) is 0 Å². The van der Waals surface area contributed by atoms with Crippen molar-refractivity contribution < 1.29 is 28.5 Å². The Kier molecular flexibility index (Phi) is 3.74. The van der Waals surface area contributed by atoms with E-state index in [0.29, 0.717) is 23.8 Å². The van der Waals surface area contributed by atoms with Crippen LogP contribution in [0.4, 0.5) is 0 Å². The summed E-state index contributed by atoms with van der Waals surface area (Å²) in [5, 5.41) is 14.5. The second kappa shape index (κ2) is 5.47. The molecule has 2 aromatic rings. The maximum absolute atomic E-state index is 10.9. The van der Waals surface area contributed by atoms with Crippen molar-refractivity contribution in [3.05, 3.63) is 23.9 Å². The van der Waals surface area contributed by atoms with Gasteiger partial charge in [0.25, 0.3) is 0 Å². The predicted octanol–water partition coefficient (Wildman–Crippen LogP) is 0.110. The van der Waals surface area contributed by atoms with Gasteiger partial charge < -0.3 is 23.8 Å². The molecule has 0 amide bonds. The smallest absolute Gasteiger partial charge is 0.221 e. The molecule has 0 aliphatic carbocycles. The van der Waals surface area contributed by atoms with Gasteiger partial charge in [0, 0.05) is 5.56 Å². The van der Waals surface area contributed by atoms with E-state index in [-0.39, 0.29) is 0 Å². The Balaban J connectivity index is 2.35. The minimum Gasteiger partial charge on any atom is -0.539 e. The topological polar surface area (TPSA) is 80.7 Å². The highest BCUT2D eigenvalue weighted by Gasteiger charge is 2.16. The van der Waals surface area contributed by atoms with Crippen LogP contribution in [0.15, 0.2) is 22.9 Å². The van der Waals surface area contributed by atoms with Crippen molar-refractivity contribution in [3.63, 3.8) is 0 Å². The van der Waals surface area contributed by atoms with Crippen molar-refractivity contribution in [1.29, 1.82) is 0 Å². The van der Waals surface area contributed by atoms with Crippen LogP contribution < -0.4 is 24.0 Å². The van der Waals surface area contributed by atoms with E-state index >= 15 is 0 Å². The number of aromatic nitrogens is 2. The third-order valence-electron chi connectivity index (χ3n) is 2.56. The van der Waals surface area contributed by atoms with Gasteiger partial charge in [0.1, 0.15) is 5.95 Å². The van der Waals surface area contributed by atoms with Crippen LogP contribution in [0.25, 0.3) is 0 Å². The molecule has 0 saturated carbocycles. The first kappa shape index (κ1) is 13.0. The number of nitrogens with zero attached hydrogens (tertiary/aromatic N) is 2. The number of ether oxygens (including phenoxy) is 3. The van der Waals surface area contributed by atoms with E-state index in [1.54, 1.807) is 26.4 Å². The summed E-state index contributed by atoms with van der Waals surface area (Å²) < 4.78 is 21.6. The summed E-state index contributed by atoms with van der Waals surface area (Å²) in [6.07, 6.45) is 1.27. The molecule has 0 saturated heterocycles. The average molecular weight is 266 g/mol. The summed E-state index contributed by atoms with van der Waals surface area (Å²) >= 11 is 0. The molecule has 0 aliphatic heterocycles. The fourth-order valence-corrected chi connectivity index (χ4v) is 1.75. The Morgan fingerprint density at radius 1 is 1.16 bits per heavy atom. The van der Waals surface area contributed by atoms with Crippen LogP contribution >= 0.6 is 0 Å². The van der Waals surface area contributed by atoms with Crippen LogP contribution in [0.2, 0.25) is 0 Å². The number of hydrogen-bond acceptors (Lipinski definition) is 6. The Morgan fingerprint density at radius 2 is 1.79 bits per heavy atom. The molecule has 0 atom stereocenters. The van der Waals surface area contributed by atoms with E-state index in [0.717, 1.165) is 5.56 Å². The standard InChI is InChI=1S/C12H14N2O5/c1-16-9-4-8(5-10(17-2)12(9)18-3)6-14-7-11(15)19-13-14/h4-5,7H,6H2,1-3H3. The van der Waals surface area contributed by atoms with Crippen LogP contribution in [0, 0.1) is 0 Å². The maximum atomic E-state index is 10.9. The monoisotopic (exact) mass is 266 g/mol. The molecule has 0 radical (unpaired) electrons. The lowest BCUT2D eigenvalue weighted by atomic mass is 10.2. The first-order chi connectivity index (χ1) is 9.17. The average Bonchev–Trinajstić information content (AvgIpc) is 2.82. The van der Waals surface area contributed by atoms with Crippen LogP contribution in [0.5, 0.6) is 23.2 Å². The lowest BCUT2D eigenvalue weighted by Gasteiger charge is -2.12. The molecule has 7 nitrogen and oxygen atoms in total. The lowest BCUT2D eigenvalue weighted by Crippen LogP contribution is -2.35. The van der Waals surface area contributed by atoms with Gasteiger partial charge in [-0.05, 0) is 12.1 Å². The normalized spacial score (nSPS) is 10.3. The van der Waals surface area contributed by atoms with Gasteiger partial charge >= 0.3 is 0 Å². The SMILES string of the molecule is COc1cc(C[n+]2cc([O-])on2)cc(OC)c1OC. The first-order valence-electron chi connectivity index (χ1n) is 5.50. The minimum atomic E-state index is -0.493. The van der Waals surface area contributed by atoms with Gasteiger partial charge in [0.15, 0.2) is 11.5 Å². The summed E-state index contributed by atoms with van der Waals surface area (Å²) in [7, 11) is 4.62. The summed E-state index contributed by atoms with van der Waals surface area (Å²) in [4.78, 5) is 0. The molecule has 19 heavy (non-hydrogen) atoms. The molecule has 0 spiro atoms. The molecule has 1 aromatic carbocycles. The molecule has 0 fully saturated rings. The molecule has 0 unspecified atom stereocenters. The highest BCUT2D eigenvalue weighted by Crippen LogP contribution is 2.38. The van der Waals surface area contributed by atoms with Gasteiger partial charge in [-0.15, -0.1) is 0 Å². The maximum Gasteiger partial charge on any atom is 0.221 e. The zero-order valence-corrected chi connectivity index (χ0v) is 10.9. The van der Waals surface area contributed by atoms with E-state index < -0.39 is 5.95 Å². The van der Waals surface area contributed by atoms with Crippen LogP contribution in [-0.4, -0.2) is 26.6 Å². The highest BCUT2D eigenvalue weighted by molar-refractivity contribution is 5.53. The summed E-state index contributed by atoms with van der Waals surface area (Å²) in [6, 6.07) is 3.57. The van der Waals surface area contributed by atoms with Gasteiger partial charge in [-0.25, -0.2) is 0 Å². The van der Waals surface area contributed by atoms with Gasteiger partial charge in [0.05, 0.1) is 26.6 Å². The fraction of sp³-hybridized carbons (Fsp3) is 0.333. The van der Waals surface area contributed by atoms with Gasteiger partial charge in [-0.1, -0.05) is 4.68 Å². The Hall–Kier alpha value is -2.44. The first-order valence-corrected chi connectivity index (χ1v) is 5.50. The van der Waals surface area contributed by atoms with Crippen LogP contribution in [0.1, 0.15) is 5.56 Å². The highest BCUT2D eigenvalue weighted by atomic mass is 16.6. The van der Waals surface area contributed by atoms with E-state index in [9.17, 15) is 5.11 Å². The Bertz CT molecular complexity index is 542. The molecule has 1 aromatic heterocycles. The van der Waals surface area contributed by atoms with Crippen molar-refractivity contribution in [3.8, 4) is 23.2 Å². The quantitative estimate of drug-likeness (QED) is 0.714. The van der Waals surface area contributed by atoms with Crippen molar-refractivity contribution in [1.82, 2.24) is 5.27 Å². The Morgan fingerprint density at radius 3 is 2.21 bits per heavy atom. The van der Waals surface area contributed by atoms with E-state index in [1.807, 2.05) is 0 Å². The molecule has 1 heterocycles. The zero-order chi connectivity index (χ0) is 13.8. The number of methoxy groups -OCH3 is 3. The van der Waals surface area contributed by atoms with Crippen molar-refractivity contribution in [2.75, 3.05) is 21.3 Å².